The fourth-order valence-corrected chi connectivity index (χ4v) is 4.91. The van der Waals surface area contributed by atoms with E-state index in [0.29, 0.717) is 17.9 Å². The lowest BCUT2D eigenvalue weighted by molar-refractivity contribution is -0.114. The Hall–Kier alpha value is -2.01. The molecule has 5 unspecified atom stereocenters. The number of aliphatic hydroxyl groups is 2. The summed E-state index contributed by atoms with van der Waals surface area (Å²) in [5.74, 6) is 0.997. The molecule has 4 rings (SSSR count). The summed E-state index contributed by atoms with van der Waals surface area (Å²) in [5.41, 5.74) is -1.53. The van der Waals surface area contributed by atoms with E-state index in [1.54, 1.807) is 18.2 Å². The van der Waals surface area contributed by atoms with Crippen LogP contribution in [0.2, 0.25) is 0 Å². The van der Waals surface area contributed by atoms with Gasteiger partial charge in [0, 0.05) is 18.9 Å². The number of ether oxygens (including phenoxy) is 2. The van der Waals surface area contributed by atoms with Crippen LogP contribution in [-0.2, 0) is 14.3 Å². The van der Waals surface area contributed by atoms with Gasteiger partial charge in [-0.1, -0.05) is 19.1 Å². The normalized spacial score (nSPS) is 43.4. The van der Waals surface area contributed by atoms with Crippen molar-refractivity contribution < 1.29 is 24.5 Å². The van der Waals surface area contributed by atoms with Gasteiger partial charge in [-0.25, -0.2) is 0 Å². The number of aliphatic hydroxyl groups excluding tert-OH is 1. The van der Waals surface area contributed by atoms with Crippen molar-refractivity contribution in [3.8, 4) is 0 Å². The lowest BCUT2D eigenvalue weighted by Gasteiger charge is -2.47. The maximum absolute atomic E-state index is 12.1. The highest BCUT2D eigenvalue weighted by Gasteiger charge is 2.60. The van der Waals surface area contributed by atoms with Gasteiger partial charge in [0.15, 0.2) is 5.76 Å². The molecule has 1 heterocycles. The molecule has 0 aromatic carbocycles. The van der Waals surface area contributed by atoms with Crippen molar-refractivity contribution in [3.05, 3.63) is 47.7 Å². The van der Waals surface area contributed by atoms with Gasteiger partial charge in [-0.15, -0.1) is 0 Å². The Bertz CT molecular complexity index is 715. The largest absolute Gasteiger partial charge is 0.512 e. The van der Waals surface area contributed by atoms with E-state index in [4.69, 9.17) is 9.47 Å². The minimum atomic E-state index is -1.11. The quantitative estimate of drug-likeness (QED) is 0.814. The molecule has 0 amide bonds. The Labute approximate surface area is 141 Å². The van der Waals surface area contributed by atoms with Gasteiger partial charge in [-0.3, -0.25) is 4.79 Å². The molecule has 1 saturated carbocycles. The van der Waals surface area contributed by atoms with Gasteiger partial charge >= 0.3 is 0 Å². The molecular weight excluding hydrogens is 308 g/mol. The highest BCUT2D eigenvalue weighted by molar-refractivity contribution is 6.04. The molecule has 0 aromatic heterocycles. The Morgan fingerprint density at radius 1 is 1.42 bits per heavy atom. The van der Waals surface area contributed by atoms with E-state index in [0.717, 1.165) is 6.42 Å². The Balaban J connectivity index is 1.75. The van der Waals surface area contributed by atoms with Crippen LogP contribution in [0.25, 0.3) is 0 Å². The van der Waals surface area contributed by atoms with Gasteiger partial charge in [0.2, 0.25) is 5.78 Å². The minimum Gasteiger partial charge on any atom is -0.512 e. The van der Waals surface area contributed by atoms with Crippen molar-refractivity contribution in [3.63, 3.8) is 0 Å². The van der Waals surface area contributed by atoms with Gasteiger partial charge in [-0.05, 0) is 30.4 Å². The molecular formula is C19H22O5. The second-order valence-corrected chi connectivity index (χ2v) is 7.39. The zero-order valence-corrected chi connectivity index (χ0v) is 13.9. The van der Waals surface area contributed by atoms with Gasteiger partial charge in [0.05, 0.1) is 30.0 Å². The van der Waals surface area contributed by atoms with E-state index < -0.39 is 11.0 Å². The Morgan fingerprint density at radius 3 is 2.92 bits per heavy atom. The highest BCUT2D eigenvalue weighted by Crippen LogP contribution is 2.61. The standard InChI is InChI=1S/C19H22O5/c1-11-14(19(22)5-3-4-12(20)8-19)6-13-9-18(11)10-16(23-2)15(21)7-17(18)24-13/h3-5,7,10-11,13-14,20,22H,6,8-9H2,1-2H3. The molecule has 128 valence electrons. The van der Waals surface area contributed by atoms with E-state index in [1.165, 1.54) is 13.2 Å². The SMILES string of the molecule is COC1=CC23CC(CC(C4(O)C=CC=C(O)C4)C2C)OC3=CC1=O. The first-order chi connectivity index (χ1) is 11.4. The number of allylic oxidation sites excluding steroid dienone is 4. The molecule has 4 aliphatic rings. The first kappa shape index (κ1) is 15.5. The van der Waals surface area contributed by atoms with E-state index in [2.05, 4.69) is 6.92 Å². The molecule has 5 nitrogen and oxygen atoms in total. The maximum atomic E-state index is 12.1. The van der Waals surface area contributed by atoms with Crippen molar-refractivity contribution in [2.45, 2.75) is 37.9 Å². The summed E-state index contributed by atoms with van der Waals surface area (Å²) in [6.45, 7) is 2.09. The predicted molar refractivity (Wildman–Crippen MR) is 86.8 cm³/mol. The first-order valence-electron chi connectivity index (χ1n) is 8.38. The summed E-state index contributed by atoms with van der Waals surface area (Å²) in [5, 5.41) is 21.1. The van der Waals surface area contributed by atoms with E-state index >= 15 is 0 Å². The van der Waals surface area contributed by atoms with Crippen LogP contribution >= 0.6 is 0 Å². The zero-order valence-electron chi connectivity index (χ0n) is 13.9. The molecule has 1 aliphatic heterocycles. The lowest BCUT2D eigenvalue weighted by Crippen LogP contribution is -2.49. The number of hydrogen-bond donors (Lipinski definition) is 2. The van der Waals surface area contributed by atoms with Gasteiger partial charge in [0.25, 0.3) is 0 Å². The molecule has 5 heteroatoms. The van der Waals surface area contributed by atoms with E-state index in [-0.39, 0.29) is 35.9 Å². The van der Waals surface area contributed by atoms with Crippen LogP contribution in [0, 0.1) is 17.3 Å². The van der Waals surface area contributed by atoms with Crippen LogP contribution in [0.3, 0.4) is 0 Å². The third-order valence-corrected chi connectivity index (χ3v) is 6.14. The lowest BCUT2D eigenvalue weighted by atomic mass is 9.56. The summed E-state index contributed by atoms with van der Waals surface area (Å²) in [4.78, 5) is 12.1. The molecule has 24 heavy (non-hydrogen) atoms. The molecule has 2 fully saturated rings. The van der Waals surface area contributed by atoms with Crippen LogP contribution in [-0.4, -0.2) is 34.8 Å². The van der Waals surface area contributed by atoms with Crippen molar-refractivity contribution in [2.75, 3.05) is 7.11 Å². The molecule has 2 N–H and O–H groups in total. The number of carbonyl (C=O) groups excluding carboxylic acids is 1. The second kappa shape index (κ2) is 4.99. The third-order valence-electron chi connectivity index (χ3n) is 6.14. The fourth-order valence-electron chi connectivity index (χ4n) is 4.91. The number of carbonyl (C=O) groups is 1. The maximum Gasteiger partial charge on any atom is 0.223 e. The van der Waals surface area contributed by atoms with Gasteiger partial charge < -0.3 is 19.7 Å². The monoisotopic (exact) mass is 330 g/mol. The Kier molecular flexibility index (Phi) is 3.23. The van der Waals surface area contributed by atoms with Crippen molar-refractivity contribution in [1.82, 2.24) is 0 Å². The average molecular weight is 330 g/mol. The molecule has 5 atom stereocenters. The van der Waals surface area contributed by atoms with E-state index in [9.17, 15) is 15.0 Å². The number of hydrogen-bond acceptors (Lipinski definition) is 5. The molecule has 0 radical (unpaired) electrons. The number of fused-ring (bicyclic) bond motifs is 1. The molecule has 1 saturated heterocycles. The molecule has 2 bridgehead atoms. The average Bonchev–Trinajstić information content (AvgIpc) is 2.83. The van der Waals surface area contributed by atoms with Crippen molar-refractivity contribution >= 4 is 5.78 Å². The fraction of sp³-hybridized carbons (Fsp3) is 0.526. The van der Waals surface area contributed by atoms with E-state index in [1.807, 2.05) is 6.08 Å². The highest BCUT2D eigenvalue weighted by atomic mass is 16.5. The second-order valence-electron chi connectivity index (χ2n) is 7.39. The van der Waals surface area contributed by atoms with Crippen LogP contribution in [0.5, 0.6) is 0 Å². The van der Waals surface area contributed by atoms with Crippen LogP contribution < -0.4 is 0 Å². The summed E-state index contributed by atoms with van der Waals surface area (Å²) >= 11 is 0. The van der Waals surface area contributed by atoms with Crippen molar-refractivity contribution in [1.29, 1.82) is 0 Å². The predicted octanol–water partition coefficient (Wildman–Crippen LogP) is 2.55. The summed E-state index contributed by atoms with van der Waals surface area (Å²) in [7, 11) is 1.50. The van der Waals surface area contributed by atoms with Crippen LogP contribution in [0.4, 0.5) is 0 Å². The van der Waals surface area contributed by atoms with Gasteiger partial charge in [-0.2, -0.15) is 0 Å². The molecule has 0 aromatic rings. The topological polar surface area (TPSA) is 76.0 Å². The molecule has 3 aliphatic carbocycles. The first-order valence-corrected chi connectivity index (χ1v) is 8.38. The smallest absolute Gasteiger partial charge is 0.223 e. The van der Waals surface area contributed by atoms with Crippen LogP contribution in [0.15, 0.2) is 47.7 Å². The summed E-state index contributed by atoms with van der Waals surface area (Å²) < 4.78 is 11.3. The number of rotatable bonds is 2. The third kappa shape index (κ3) is 2.00. The van der Waals surface area contributed by atoms with Crippen molar-refractivity contribution in [2.24, 2.45) is 17.3 Å². The van der Waals surface area contributed by atoms with Crippen LogP contribution in [0.1, 0.15) is 26.2 Å². The number of methoxy groups -OCH3 is 1. The Morgan fingerprint density at radius 2 is 2.21 bits per heavy atom. The zero-order chi connectivity index (χ0) is 17.1. The minimum absolute atomic E-state index is 0.0387. The van der Waals surface area contributed by atoms with Gasteiger partial charge in [0.1, 0.15) is 5.76 Å². The summed E-state index contributed by atoms with van der Waals surface area (Å²) in [6, 6.07) is 0. The summed E-state index contributed by atoms with van der Waals surface area (Å²) in [6.07, 6.45) is 10.2. The molecule has 1 spiro atoms. The number of ketones is 1.